The van der Waals surface area contributed by atoms with Gasteiger partial charge in [-0.05, 0) is 48.5 Å². The van der Waals surface area contributed by atoms with E-state index in [9.17, 15) is 14.0 Å². The van der Waals surface area contributed by atoms with Crippen LogP contribution in [0.5, 0.6) is 0 Å². The molecule has 0 bridgehead atoms. The fourth-order valence-electron chi connectivity index (χ4n) is 2.67. The summed E-state index contributed by atoms with van der Waals surface area (Å²) in [5.74, 6) is 0.193. The van der Waals surface area contributed by atoms with E-state index < -0.39 is 11.6 Å². The molecule has 0 unspecified atom stereocenters. The molecule has 2 aromatic heterocycles. The second-order valence-electron chi connectivity index (χ2n) is 5.74. The Kier molecular flexibility index (Phi) is 4.34. The van der Waals surface area contributed by atoms with Crippen molar-refractivity contribution in [2.75, 3.05) is 0 Å². The van der Waals surface area contributed by atoms with Gasteiger partial charge in [0.1, 0.15) is 35.0 Å². The number of H-pyrrole nitrogens is 1. The molecule has 0 saturated heterocycles. The summed E-state index contributed by atoms with van der Waals surface area (Å²) in [5.41, 5.74) is 1.56. The normalized spacial score (nSPS) is 11.7. The number of halogens is 3. The van der Waals surface area contributed by atoms with Crippen molar-refractivity contribution >= 4 is 38.6 Å². The highest BCUT2D eigenvalue weighted by Gasteiger charge is 2.12. The summed E-state index contributed by atoms with van der Waals surface area (Å²) in [4.78, 5) is 7.20. The van der Waals surface area contributed by atoms with E-state index in [1.54, 1.807) is 24.3 Å². The van der Waals surface area contributed by atoms with Gasteiger partial charge in [0.15, 0.2) is 0 Å². The highest BCUT2D eigenvalue weighted by Crippen LogP contribution is 2.29. The van der Waals surface area contributed by atoms with Crippen molar-refractivity contribution in [1.29, 1.82) is 5.26 Å². The van der Waals surface area contributed by atoms with Crippen LogP contribution in [0.15, 0.2) is 57.4 Å². The second-order valence-corrected chi connectivity index (χ2v) is 6.66. The number of hydrogen-bond donors (Lipinski definition) is 1. The van der Waals surface area contributed by atoms with Crippen LogP contribution in [-0.4, -0.2) is 9.97 Å². The van der Waals surface area contributed by atoms with E-state index >= 15 is 0 Å². The molecule has 27 heavy (non-hydrogen) atoms. The van der Waals surface area contributed by atoms with Crippen LogP contribution >= 0.6 is 15.9 Å². The molecule has 0 saturated carbocycles. The van der Waals surface area contributed by atoms with Crippen LogP contribution in [0.1, 0.15) is 11.6 Å². The Morgan fingerprint density at radius 2 is 2.00 bits per heavy atom. The summed E-state index contributed by atoms with van der Waals surface area (Å²) in [5, 5.41) is 9.46. The van der Waals surface area contributed by atoms with E-state index in [0.29, 0.717) is 38.4 Å². The first kappa shape index (κ1) is 17.2. The number of imidazole rings is 1. The fourth-order valence-corrected chi connectivity index (χ4v) is 3.00. The van der Waals surface area contributed by atoms with Crippen molar-refractivity contribution in [2.24, 2.45) is 0 Å². The lowest BCUT2D eigenvalue weighted by Crippen LogP contribution is -1.84. The number of fused-ring (bicyclic) bond motifs is 1. The standard InChI is InChI=1S/C20H10BrF2N3O/c21-12-1-4-15(16(23)8-12)19-6-3-14(27-19)7-11(10-24)20-25-17-5-2-13(22)9-18(17)26-20/h1-9H,(H,25,26)/b11-7-. The first-order valence-electron chi connectivity index (χ1n) is 7.86. The van der Waals surface area contributed by atoms with Gasteiger partial charge < -0.3 is 9.40 Å². The molecule has 0 amide bonds. The molecule has 0 atom stereocenters. The molecular weight excluding hydrogens is 416 g/mol. The molecule has 7 heteroatoms. The van der Waals surface area contributed by atoms with Crippen LogP contribution in [0.2, 0.25) is 0 Å². The molecule has 0 aliphatic carbocycles. The summed E-state index contributed by atoms with van der Waals surface area (Å²) in [6.45, 7) is 0. The number of aromatic amines is 1. The molecule has 0 aliphatic rings. The Balaban J connectivity index is 1.71. The minimum absolute atomic E-state index is 0.212. The number of rotatable bonds is 3. The van der Waals surface area contributed by atoms with Crippen molar-refractivity contribution in [3.8, 4) is 17.4 Å². The topological polar surface area (TPSA) is 65.6 Å². The third kappa shape index (κ3) is 3.39. The minimum atomic E-state index is -0.422. The van der Waals surface area contributed by atoms with Gasteiger partial charge in [0.25, 0.3) is 0 Å². The lowest BCUT2D eigenvalue weighted by atomic mass is 10.1. The molecule has 4 rings (SSSR count). The number of nitrogens with one attached hydrogen (secondary N) is 1. The fraction of sp³-hybridized carbons (Fsp3) is 0. The number of aromatic nitrogens is 2. The zero-order valence-electron chi connectivity index (χ0n) is 13.6. The average Bonchev–Trinajstić information content (AvgIpc) is 3.26. The van der Waals surface area contributed by atoms with E-state index in [2.05, 4.69) is 25.9 Å². The van der Waals surface area contributed by atoms with Gasteiger partial charge in [0.2, 0.25) is 0 Å². The lowest BCUT2D eigenvalue weighted by molar-refractivity contribution is 0.561. The SMILES string of the molecule is N#C/C(=C/c1ccc(-c2ccc(Br)cc2F)o1)c1nc2ccc(F)cc2[nH]1. The zero-order chi connectivity index (χ0) is 19.0. The van der Waals surface area contributed by atoms with Crippen LogP contribution in [-0.2, 0) is 0 Å². The predicted octanol–water partition coefficient (Wildman–Crippen LogP) is 5.93. The minimum Gasteiger partial charge on any atom is -0.457 e. The number of allylic oxidation sites excluding steroid dienone is 1. The molecule has 0 aliphatic heterocycles. The third-order valence-electron chi connectivity index (χ3n) is 3.93. The predicted molar refractivity (Wildman–Crippen MR) is 101 cm³/mol. The summed E-state index contributed by atoms with van der Waals surface area (Å²) in [6, 6.07) is 14.1. The highest BCUT2D eigenvalue weighted by molar-refractivity contribution is 9.10. The maximum atomic E-state index is 14.1. The summed E-state index contributed by atoms with van der Waals surface area (Å²) in [6.07, 6.45) is 1.49. The molecule has 4 nitrogen and oxygen atoms in total. The number of nitrogens with zero attached hydrogens (tertiary/aromatic N) is 2. The highest BCUT2D eigenvalue weighted by atomic mass is 79.9. The van der Waals surface area contributed by atoms with Crippen molar-refractivity contribution in [2.45, 2.75) is 0 Å². The monoisotopic (exact) mass is 425 g/mol. The Bertz CT molecular complexity index is 1230. The molecule has 2 aromatic carbocycles. The van der Waals surface area contributed by atoms with E-state index in [1.807, 2.05) is 6.07 Å². The number of furan rings is 1. The number of nitriles is 1. The van der Waals surface area contributed by atoms with Gasteiger partial charge in [0.05, 0.1) is 22.2 Å². The van der Waals surface area contributed by atoms with E-state index in [-0.39, 0.29) is 5.57 Å². The summed E-state index contributed by atoms with van der Waals surface area (Å²) in [7, 11) is 0. The van der Waals surface area contributed by atoms with Crippen LogP contribution in [0.25, 0.3) is 34.0 Å². The van der Waals surface area contributed by atoms with Gasteiger partial charge in [-0.3, -0.25) is 0 Å². The Morgan fingerprint density at radius 1 is 1.15 bits per heavy atom. The molecule has 0 radical (unpaired) electrons. The van der Waals surface area contributed by atoms with Crippen LogP contribution < -0.4 is 0 Å². The van der Waals surface area contributed by atoms with Gasteiger partial charge in [0, 0.05) is 10.5 Å². The Labute approximate surface area is 160 Å². The largest absolute Gasteiger partial charge is 0.457 e. The van der Waals surface area contributed by atoms with Crippen molar-refractivity contribution in [3.05, 3.63) is 76.2 Å². The van der Waals surface area contributed by atoms with E-state index in [1.165, 1.54) is 30.3 Å². The smallest absolute Gasteiger partial charge is 0.149 e. The Morgan fingerprint density at radius 3 is 2.78 bits per heavy atom. The second kappa shape index (κ2) is 6.82. The molecule has 4 aromatic rings. The summed E-state index contributed by atoms with van der Waals surface area (Å²) >= 11 is 3.21. The van der Waals surface area contributed by atoms with Crippen molar-refractivity contribution in [1.82, 2.24) is 9.97 Å². The van der Waals surface area contributed by atoms with Crippen LogP contribution in [0.4, 0.5) is 8.78 Å². The lowest BCUT2D eigenvalue weighted by Gasteiger charge is -2.00. The van der Waals surface area contributed by atoms with Crippen LogP contribution in [0, 0.1) is 23.0 Å². The van der Waals surface area contributed by atoms with Gasteiger partial charge in [-0.2, -0.15) is 5.26 Å². The zero-order valence-corrected chi connectivity index (χ0v) is 15.2. The maximum Gasteiger partial charge on any atom is 0.149 e. The van der Waals surface area contributed by atoms with E-state index in [0.717, 1.165) is 0 Å². The Hall–Kier alpha value is -3.24. The van der Waals surface area contributed by atoms with Gasteiger partial charge in [-0.15, -0.1) is 0 Å². The summed E-state index contributed by atoms with van der Waals surface area (Å²) < 4.78 is 33.7. The average molecular weight is 426 g/mol. The molecule has 132 valence electrons. The van der Waals surface area contributed by atoms with E-state index in [4.69, 9.17) is 4.42 Å². The first-order valence-corrected chi connectivity index (χ1v) is 8.65. The van der Waals surface area contributed by atoms with Gasteiger partial charge in [-0.1, -0.05) is 15.9 Å². The molecule has 0 fully saturated rings. The van der Waals surface area contributed by atoms with Gasteiger partial charge in [-0.25, -0.2) is 13.8 Å². The van der Waals surface area contributed by atoms with Crippen LogP contribution in [0.3, 0.4) is 0 Å². The molecular formula is C20H10BrF2N3O. The van der Waals surface area contributed by atoms with Gasteiger partial charge >= 0.3 is 0 Å². The molecule has 1 N–H and O–H groups in total. The molecule has 2 heterocycles. The number of benzene rings is 2. The number of hydrogen-bond acceptors (Lipinski definition) is 3. The maximum absolute atomic E-state index is 14.1. The van der Waals surface area contributed by atoms with Crippen molar-refractivity contribution < 1.29 is 13.2 Å². The molecule has 0 spiro atoms. The quantitative estimate of drug-likeness (QED) is 0.413. The first-order chi connectivity index (χ1) is 13.0. The van der Waals surface area contributed by atoms with Crippen molar-refractivity contribution in [3.63, 3.8) is 0 Å². The third-order valence-corrected chi connectivity index (χ3v) is 4.42.